The van der Waals surface area contributed by atoms with Gasteiger partial charge in [0.2, 0.25) is 11.8 Å². The van der Waals surface area contributed by atoms with Crippen molar-refractivity contribution in [1.82, 2.24) is 19.9 Å². The van der Waals surface area contributed by atoms with Crippen molar-refractivity contribution >= 4 is 5.91 Å². The van der Waals surface area contributed by atoms with E-state index in [1.165, 1.54) is 5.56 Å². The average Bonchev–Trinajstić information content (AvgIpc) is 2.99. The summed E-state index contributed by atoms with van der Waals surface area (Å²) in [6.07, 6.45) is 4.26. The van der Waals surface area contributed by atoms with Gasteiger partial charge in [-0.1, -0.05) is 42.4 Å². The summed E-state index contributed by atoms with van der Waals surface area (Å²) in [4.78, 5) is 21.2. The zero-order valence-electron chi connectivity index (χ0n) is 15.6. The number of carbonyl (C=O) groups excluding carboxylic acids is 1. The van der Waals surface area contributed by atoms with Crippen molar-refractivity contribution in [3.05, 3.63) is 47.6 Å². The van der Waals surface area contributed by atoms with E-state index in [0.29, 0.717) is 18.9 Å². The predicted octanol–water partition coefficient (Wildman–Crippen LogP) is 2.69. The van der Waals surface area contributed by atoms with Crippen molar-refractivity contribution in [3.8, 4) is 0 Å². The molecule has 0 N–H and O–H groups in total. The molecule has 1 aliphatic rings. The van der Waals surface area contributed by atoms with E-state index in [4.69, 9.17) is 4.52 Å². The molecule has 1 aromatic carbocycles. The summed E-state index contributed by atoms with van der Waals surface area (Å²) >= 11 is 0. The van der Waals surface area contributed by atoms with Crippen LogP contribution in [0, 0.1) is 0 Å². The first-order chi connectivity index (χ1) is 12.7. The summed E-state index contributed by atoms with van der Waals surface area (Å²) < 4.78 is 5.29. The van der Waals surface area contributed by atoms with Crippen LogP contribution in [0.4, 0.5) is 0 Å². The third-order valence-electron chi connectivity index (χ3n) is 4.83. The van der Waals surface area contributed by atoms with Crippen LogP contribution in [0.25, 0.3) is 0 Å². The molecule has 26 heavy (non-hydrogen) atoms. The van der Waals surface area contributed by atoms with E-state index in [-0.39, 0.29) is 5.91 Å². The topological polar surface area (TPSA) is 62.5 Å². The smallest absolute Gasteiger partial charge is 0.240 e. The zero-order chi connectivity index (χ0) is 18.2. The van der Waals surface area contributed by atoms with Gasteiger partial charge in [0, 0.05) is 39.0 Å². The Kier molecular flexibility index (Phi) is 6.77. The monoisotopic (exact) mass is 356 g/mol. The second-order valence-electron chi connectivity index (χ2n) is 6.81. The molecule has 3 rings (SSSR count). The van der Waals surface area contributed by atoms with Crippen LogP contribution in [0.1, 0.15) is 43.5 Å². The zero-order valence-corrected chi connectivity index (χ0v) is 15.6. The van der Waals surface area contributed by atoms with E-state index in [0.717, 1.165) is 57.7 Å². The SMILES string of the molecule is CCc1noc(CN2CCCN(C(=O)CCCc3ccccc3)CC2)n1. The van der Waals surface area contributed by atoms with Gasteiger partial charge in [-0.2, -0.15) is 4.98 Å². The fraction of sp³-hybridized carbons (Fsp3) is 0.550. The van der Waals surface area contributed by atoms with E-state index in [1.54, 1.807) is 0 Å². The number of hydrogen-bond donors (Lipinski definition) is 0. The van der Waals surface area contributed by atoms with E-state index < -0.39 is 0 Å². The van der Waals surface area contributed by atoms with Crippen LogP contribution in [0.2, 0.25) is 0 Å². The Morgan fingerprint density at radius 3 is 2.77 bits per heavy atom. The molecule has 1 fully saturated rings. The largest absolute Gasteiger partial charge is 0.341 e. The van der Waals surface area contributed by atoms with Crippen molar-refractivity contribution < 1.29 is 9.32 Å². The lowest BCUT2D eigenvalue weighted by molar-refractivity contribution is -0.131. The lowest BCUT2D eigenvalue weighted by Gasteiger charge is -2.21. The molecule has 1 saturated heterocycles. The molecule has 0 unspecified atom stereocenters. The van der Waals surface area contributed by atoms with Gasteiger partial charge in [-0.15, -0.1) is 0 Å². The molecule has 0 bridgehead atoms. The highest BCUT2D eigenvalue weighted by Crippen LogP contribution is 2.11. The molecule has 0 atom stereocenters. The molecule has 1 aliphatic heterocycles. The molecule has 2 heterocycles. The maximum atomic E-state index is 12.5. The molecule has 1 amide bonds. The van der Waals surface area contributed by atoms with Crippen LogP contribution >= 0.6 is 0 Å². The number of aromatic nitrogens is 2. The maximum absolute atomic E-state index is 12.5. The summed E-state index contributed by atoms with van der Waals surface area (Å²) in [6.45, 7) is 6.11. The highest BCUT2D eigenvalue weighted by molar-refractivity contribution is 5.76. The number of benzene rings is 1. The van der Waals surface area contributed by atoms with E-state index in [2.05, 4.69) is 27.2 Å². The van der Waals surface area contributed by atoms with Crippen LogP contribution in [0.5, 0.6) is 0 Å². The van der Waals surface area contributed by atoms with Gasteiger partial charge in [-0.3, -0.25) is 9.69 Å². The van der Waals surface area contributed by atoms with E-state index in [1.807, 2.05) is 30.0 Å². The molecule has 1 aromatic heterocycles. The summed E-state index contributed by atoms with van der Waals surface area (Å²) in [5.74, 6) is 1.70. The summed E-state index contributed by atoms with van der Waals surface area (Å²) in [5.41, 5.74) is 1.30. The van der Waals surface area contributed by atoms with Gasteiger partial charge in [-0.25, -0.2) is 0 Å². The molecule has 2 aromatic rings. The van der Waals surface area contributed by atoms with E-state index >= 15 is 0 Å². The third-order valence-corrected chi connectivity index (χ3v) is 4.83. The van der Waals surface area contributed by atoms with Crippen molar-refractivity contribution in [2.24, 2.45) is 0 Å². The molecule has 0 aliphatic carbocycles. The molecule has 6 heteroatoms. The molecule has 0 radical (unpaired) electrons. The standard InChI is InChI=1S/C20H28N4O2/c1-2-18-21-19(26-22-18)16-23-12-7-13-24(15-14-23)20(25)11-6-10-17-8-4-3-5-9-17/h3-5,8-9H,2,6-7,10-16H2,1H3. The maximum Gasteiger partial charge on any atom is 0.240 e. The number of amides is 1. The van der Waals surface area contributed by atoms with Gasteiger partial charge < -0.3 is 9.42 Å². The van der Waals surface area contributed by atoms with Crippen molar-refractivity contribution in [2.75, 3.05) is 26.2 Å². The summed E-state index contributed by atoms with van der Waals surface area (Å²) in [5, 5.41) is 3.95. The first kappa shape index (κ1) is 18.6. The minimum Gasteiger partial charge on any atom is -0.341 e. The number of aryl methyl sites for hydroxylation is 2. The van der Waals surface area contributed by atoms with Crippen LogP contribution in [0.15, 0.2) is 34.9 Å². The lowest BCUT2D eigenvalue weighted by atomic mass is 10.1. The van der Waals surface area contributed by atoms with Crippen molar-refractivity contribution in [2.45, 2.75) is 45.6 Å². The molecular weight excluding hydrogens is 328 g/mol. The molecule has 0 spiro atoms. The van der Waals surface area contributed by atoms with Gasteiger partial charge in [0.1, 0.15) is 0 Å². The van der Waals surface area contributed by atoms with Crippen LogP contribution in [-0.4, -0.2) is 52.0 Å². The van der Waals surface area contributed by atoms with Crippen LogP contribution in [0.3, 0.4) is 0 Å². The van der Waals surface area contributed by atoms with Crippen LogP contribution in [-0.2, 0) is 24.2 Å². The summed E-state index contributed by atoms with van der Waals surface area (Å²) in [6, 6.07) is 10.4. The Morgan fingerprint density at radius 1 is 1.15 bits per heavy atom. The summed E-state index contributed by atoms with van der Waals surface area (Å²) in [7, 11) is 0. The fourth-order valence-electron chi connectivity index (χ4n) is 3.31. The highest BCUT2D eigenvalue weighted by Gasteiger charge is 2.20. The second kappa shape index (κ2) is 9.48. The first-order valence-corrected chi connectivity index (χ1v) is 9.60. The first-order valence-electron chi connectivity index (χ1n) is 9.60. The van der Waals surface area contributed by atoms with E-state index in [9.17, 15) is 4.79 Å². The molecule has 0 saturated carbocycles. The Labute approximate surface area is 155 Å². The third kappa shape index (κ3) is 5.39. The van der Waals surface area contributed by atoms with Crippen molar-refractivity contribution in [1.29, 1.82) is 0 Å². The Morgan fingerprint density at radius 2 is 2.00 bits per heavy atom. The minimum absolute atomic E-state index is 0.272. The Bertz CT molecular complexity index is 686. The Balaban J connectivity index is 1.41. The lowest BCUT2D eigenvalue weighted by Crippen LogP contribution is -2.35. The number of rotatable bonds is 7. The normalized spacial score (nSPS) is 15.8. The second-order valence-corrected chi connectivity index (χ2v) is 6.81. The Hall–Kier alpha value is -2.21. The van der Waals surface area contributed by atoms with Gasteiger partial charge in [-0.05, 0) is 24.8 Å². The number of nitrogens with zero attached hydrogens (tertiary/aromatic N) is 4. The quantitative estimate of drug-likeness (QED) is 0.763. The van der Waals surface area contributed by atoms with Crippen LogP contribution < -0.4 is 0 Å². The molecule has 140 valence electrons. The van der Waals surface area contributed by atoms with Gasteiger partial charge in [0.15, 0.2) is 5.82 Å². The average molecular weight is 356 g/mol. The number of hydrogen-bond acceptors (Lipinski definition) is 5. The van der Waals surface area contributed by atoms with Crippen molar-refractivity contribution in [3.63, 3.8) is 0 Å². The predicted molar refractivity (Wildman–Crippen MR) is 99.5 cm³/mol. The van der Waals surface area contributed by atoms with Gasteiger partial charge in [0.05, 0.1) is 6.54 Å². The van der Waals surface area contributed by atoms with Gasteiger partial charge in [0.25, 0.3) is 0 Å². The molecule has 6 nitrogen and oxygen atoms in total. The number of carbonyl (C=O) groups is 1. The van der Waals surface area contributed by atoms with Gasteiger partial charge >= 0.3 is 0 Å². The highest BCUT2D eigenvalue weighted by atomic mass is 16.5. The minimum atomic E-state index is 0.272. The fourth-order valence-corrected chi connectivity index (χ4v) is 3.31. The molecular formula is C20H28N4O2.